The predicted octanol–water partition coefficient (Wildman–Crippen LogP) is 1.79. The largest absolute Gasteiger partial charge is 0.496 e. The van der Waals surface area contributed by atoms with E-state index in [4.69, 9.17) is 9.47 Å². The first-order valence-corrected chi connectivity index (χ1v) is 6.39. The summed E-state index contributed by atoms with van der Waals surface area (Å²) in [5.41, 5.74) is 1.85. The molecule has 1 amide bonds. The van der Waals surface area contributed by atoms with Crippen LogP contribution in [0.5, 0.6) is 5.75 Å². The Kier molecular flexibility index (Phi) is 4.58. The molecule has 1 N–H and O–H groups in total. The highest BCUT2D eigenvalue weighted by molar-refractivity contribution is 5.80. The first-order chi connectivity index (χ1) is 9.22. The Balaban J connectivity index is 2.03. The molecule has 0 radical (unpaired) electrons. The summed E-state index contributed by atoms with van der Waals surface area (Å²) in [5, 5.41) is 2.97. The number of carbonyl (C=O) groups excluding carboxylic acids is 1. The van der Waals surface area contributed by atoms with E-state index in [2.05, 4.69) is 11.9 Å². The Bertz CT molecular complexity index is 464. The van der Waals surface area contributed by atoms with Crippen molar-refractivity contribution in [1.29, 1.82) is 0 Å². The van der Waals surface area contributed by atoms with Crippen LogP contribution in [0.4, 0.5) is 0 Å². The molecule has 19 heavy (non-hydrogen) atoms. The number of amides is 1. The fourth-order valence-corrected chi connectivity index (χ4v) is 2.16. The van der Waals surface area contributed by atoms with Gasteiger partial charge in [-0.1, -0.05) is 18.7 Å². The first kappa shape index (κ1) is 13.6. The van der Waals surface area contributed by atoms with Crippen molar-refractivity contribution in [3.8, 4) is 5.75 Å². The molecule has 0 aliphatic carbocycles. The fraction of sp³-hybridized carbons (Fsp3) is 0.400. The Morgan fingerprint density at radius 2 is 2.47 bits per heavy atom. The number of hydrogen-bond acceptors (Lipinski definition) is 3. The van der Waals surface area contributed by atoms with Gasteiger partial charge in [0.2, 0.25) is 5.91 Å². The highest BCUT2D eigenvalue weighted by atomic mass is 16.5. The Labute approximate surface area is 113 Å². The molecule has 1 aromatic rings. The van der Waals surface area contributed by atoms with Gasteiger partial charge in [-0.3, -0.25) is 4.79 Å². The van der Waals surface area contributed by atoms with Crippen LogP contribution in [0.25, 0.3) is 6.08 Å². The molecule has 0 bridgehead atoms. The van der Waals surface area contributed by atoms with E-state index in [-0.39, 0.29) is 11.9 Å². The maximum absolute atomic E-state index is 12.0. The zero-order chi connectivity index (χ0) is 13.7. The Hall–Kier alpha value is -1.81. The Morgan fingerprint density at radius 1 is 1.63 bits per heavy atom. The zero-order valence-electron chi connectivity index (χ0n) is 11.1. The van der Waals surface area contributed by atoms with Crippen molar-refractivity contribution in [2.45, 2.75) is 18.9 Å². The molecule has 0 saturated carbocycles. The first-order valence-electron chi connectivity index (χ1n) is 6.39. The van der Waals surface area contributed by atoms with E-state index in [1.165, 1.54) is 0 Å². The minimum atomic E-state index is -0.00462. The molecule has 4 nitrogen and oxygen atoms in total. The standard InChI is InChI=1S/C15H19NO3/c1-3-11-4-5-14(18-2)12(8-11)9-15(17)16-13-6-7-19-10-13/h3-5,8,13H,1,6-7,9-10H2,2H3,(H,16,17). The van der Waals surface area contributed by atoms with Gasteiger partial charge in [0.25, 0.3) is 0 Å². The summed E-state index contributed by atoms with van der Waals surface area (Å²) in [6.45, 7) is 5.06. The number of ether oxygens (including phenoxy) is 2. The molecule has 1 aromatic carbocycles. The topological polar surface area (TPSA) is 47.6 Å². The molecule has 1 atom stereocenters. The highest BCUT2D eigenvalue weighted by Crippen LogP contribution is 2.21. The van der Waals surface area contributed by atoms with Gasteiger partial charge < -0.3 is 14.8 Å². The molecule has 1 heterocycles. The number of carbonyl (C=O) groups is 1. The van der Waals surface area contributed by atoms with Crippen LogP contribution in [-0.2, 0) is 16.0 Å². The van der Waals surface area contributed by atoms with Gasteiger partial charge in [0, 0.05) is 12.2 Å². The van der Waals surface area contributed by atoms with Crippen LogP contribution in [0.3, 0.4) is 0 Å². The molecule has 1 aliphatic rings. The minimum absolute atomic E-state index is 0.00462. The highest BCUT2D eigenvalue weighted by Gasteiger charge is 2.18. The van der Waals surface area contributed by atoms with Crippen molar-refractivity contribution in [1.82, 2.24) is 5.32 Å². The van der Waals surface area contributed by atoms with Crippen LogP contribution < -0.4 is 10.1 Å². The van der Waals surface area contributed by atoms with Crippen molar-refractivity contribution in [2.75, 3.05) is 20.3 Å². The van der Waals surface area contributed by atoms with Crippen molar-refractivity contribution in [3.05, 3.63) is 35.9 Å². The number of methoxy groups -OCH3 is 1. The third-order valence-corrected chi connectivity index (χ3v) is 3.19. The van der Waals surface area contributed by atoms with Crippen molar-refractivity contribution >= 4 is 12.0 Å². The summed E-state index contributed by atoms with van der Waals surface area (Å²) < 4.78 is 10.5. The Morgan fingerprint density at radius 3 is 3.11 bits per heavy atom. The molecule has 1 aliphatic heterocycles. The van der Waals surface area contributed by atoms with E-state index in [1.54, 1.807) is 13.2 Å². The van der Waals surface area contributed by atoms with Crippen molar-refractivity contribution in [3.63, 3.8) is 0 Å². The third-order valence-electron chi connectivity index (χ3n) is 3.19. The lowest BCUT2D eigenvalue weighted by Gasteiger charge is -2.13. The quantitative estimate of drug-likeness (QED) is 0.879. The van der Waals surface area contributed by atoms with Gasteiger partial charge in [-0.15, -0.1) is 0 Å². The number of rotatable bonds is 5. The lowest BCUT2D eigenvalue weighted by atomic mass is 10.1. The van der Waals surface area contributed by atoms with Crippen LogP contribution >= 0.6 is 0 Å². The maximum atomic E-state index is 12.0. The molecular formula is C15H19NO3. The summed E-state index contributed by atoms with van der Waals surface area (Å²) in [5.74, 6) is 0.721. The SMILES string of the molecule is C=Cc1ccc(OC)c(CC(=O)NC2CCOC2)c1. The smallest absolute Gasteiger partial charge is 0.224 e. The average molecular weight is 261 g/mol. The normalized spacial score (nSPS) is 18.1. The molecule has 0 spiro atoms. The zero-order valence-corrected chi connectivity index (χ0v) is 11.1. The van der Waals surface area contributed by atoms with Crippen LogP contribution in [0.1, 0.15) is 17.5 Å². The third kappa shape index (κ3) is 3.58. The van der Waals surface area contributed by atoms with E-state index in [1.807, 2.05) is 18.2 Å². The van der Waals surface area contributed by atoms with E-state index >= 15 is 0 Å². The van der Waals surface area contributed by atoms with Crippen LogP contribution in [0.2, 0.25) is 0 Å². The lowest BCUT2D eigenvalue weighted by Crippen LogP contribution is -2.36. The number of hydrogen-bond donors (Lipinski definition) is 1. The number of benzene rings is 1. The molecule has 2 rings (SSSR count). The molecule has 4 heteroatoms. The monoisotopic (exact) mass is 261 g/mol. The second-order valence-corrected chi connectivity index (χ2v) is 4.58. The van der Waals surface area contributed by atoms with E-state index in [0.717, 1.165) is 29.9 Å². The molecule has 1 unspecified atom stereocenters. The van der Waals surface area contributed by atoms with E-state index in [9.17, 15) is 4.79 Å². The summed E-state index contributed by atoms with van der Waals surface area (Å²) in [4.78, 5) is 12.0. The molecule has 1 fully saturated rings. The van der Waals surface area contributed by atoms with Gasteiger partial charge >= 0.3 is 0 Å². The fourth-order valence-electron chi connectivity index (χ4n) is 2.16. The van der Waals surface area contributed by atoms with Gasteiger partial charge in [-0.2, -0.15) is 0 Å². The minimum Gasteiger partial charge on any atom is -0.496 e. The van der Waals surface area contributed by atoms with Gasteiger partial charge in [-0.25, -0.2) is 0 Å². The maximum Gasteiger partial charge on any atom is 0.224 e. The van der Waals surface area contributed by atoms with Gasteiger partial charge in [0.15, 0.2) is 0 Å². The molecule has 102 valence electrons. The predicted molar refractivity (Wildman–Crippen MR) is 74.2 cm³/mol. The van der Waals surface area contributed by atoms with Gasteiger partial charge in [0.05, 0.1) is 26.2 Å². The van der Waals surface area contributed by atoms with Crippen molar-refractivity contribution < 1.29 is 14.3 Å². The van der Waals surface area contributed by atoms with Crippen LogP contribution in [0, 0.1) is 0 Å². The molecule has 0 aromatic heterocycles. The second kappa shape index (κ2) is 6.38. The lowest BCUT2D eigenvalue weighted by molar-refractivity contribution is -0.121. The number of nitrogens with one attached hydrogen (secondary N) is 1. The second-order valence-electron chi connectivity index (χ2n) is 4.58. The van der Waals surface area contributed by atoms with E-state index < -0.39 is 0 Å². The van der Waals surface area contributed by atoms with Gasteiger partial charge in [-0.05, 0) is 24.1 Å². The van der Waals surface area contributed by atoms with Crippen LogP contribution in [-0.4, -0.2) is 32.3 Å². The summed E-state index contributed by atoms with van der Waals surface area (Å²) >= 11 is 0. The summed E-state index contributed by atoms with van der Waals surface area (Å²) in [6, 6.07) is 5.84. The summed E-state index contributed by atoms with van der Waals surface area (Å²) in [6.07, 6.45) is 2.95. The molecule has 1 saturated heterocycles. The van der Waals surface area contributed by atoms with Crippen molar-refractivity contribution in [2.24, 2.45) is 0 Å². The average Bonchev–Trinajstić information content (AvgIpc) is 2.91. The van der Waals surface area contributed by atoms with E-state index in [0.29, 0.717) is 13.0 Å². The summed E-state index contributed by atoms with van der Waals surface area (Å²) in [7, 11) is 1.61. The van der Waals surface area contributed by atoms with Gasteiger partial charge in [0.1, 0.15) is 5.75 Å². The van der Waals surface area contributed by atoms with Crippen LogP contribution in [0.15, 0.2) is 24.8 Å². The molecular weight excluding hydrogens is 242 g/mol.